The number of carbonyl (C=O) groups is 8. The van der Waals surface area contributed by atoms with Gasteiger partial charge in [0.05, 0.1) is 30.1 Å². The minimum atomic E-state index is -2.29. The lowest BCUT2D eigenvalue weighted by molar-refractivity contribution is -0.163. The highest BCUT2D eigenvalue weighted by molar-refractivity contribution is 8.00. The number of amides is 7. The first-order valence-corrected chi connectivity index (χ1v) is 21.0. The predicted molar refractivity (Wildman–Crippen MR) is 220 cm³/mol. The summed E-state index contributed by atoms with van der Waals surface area (Å²) >= 11 is 0.552. The van der Waals surface area contributed by atoms with E-state index in [0.29, 0.717) is 31.5 Å². The third-order valence-corrected chi connectivity index (χ3v) is 11.8. The standard InChI is InChI=1S/C36H58N10O18S/c1-17(48)44(62)12-5-8-20(37)30(55)38-21(9-6-13-45(63)18(2)49)31(56)39-22(10-7-14-46(64)19(3)50)32(57)40-23(16-47)33(58)41-25(35(59)60)26(52)29-27(53)28(54)34(65-29)43-15-11-24(51)42(4)36(43)61/h11,15,20-23,25-29,34,47,52-54,62-64H,5-10,12-14,16,37H2,1-4H3,(H,38,55)(H,39,56)(H,40,57)(H,41,58)(H,59,60)/t20-,21-,22-,23-,25+,26+,27+,28+,29+,34+/m0/s1. The van der Waals surface area contributed by atoms with Crippen LogP contribution in [0.1, 0.15) is 64.7 Å². The summed E-state index contributed by atoms with van der Waals surface area (Å²) < 4.78 is 1.57. The Bertz CT molecular complexity index is 1990. The number of carboxylic acid groups (broad SMARTS) is 1. The smallest absolute Gasteiger partial charge is 0.331 e. The maximum atomic E-state index is 13.8. The van der Waals surface area contributed by atoms with Gasteiger partial charge < -0.3 is 52.5 Å². The topological polar surface area (TPSA) is 426 Å². The van der Waals surface area contributed by atoms with E-state index in [-0.39, 0.29) is 58.2 Å². The molecule has 1 saturated heterocycles. The molecule has 2 rings (SSSR count). The van der Waals surface area contributed by atoms with Gasteiger partial charge in [0, 0.05) is 59.7 Å². The first kappa shape index (κ1) is 55.6. The van der Waals surface area contributed by atoms with Crippen LogP contribution in [0.4, 0.5) is 0 Å². The molecule has 366 valence electrons. The Morgan fingerprint density at radius 3 is 1.60 bits per heavy atom. The molecule has 1 fully saturated rings. The zero-order chi connectivity index (χ0) is 49.5. The van der Waals surface area contributed by atoms with Crippen molar-refractivity contribution in [2.45, 2.75) is 118 Å². The number of aromatic nitrogens is 2. The van der Waals surface area contributed by atoms with Crippen LogP contribution in [0.25, 0.3) is 0 Å². The summed E-state index contributed by atoms with van der Waals surface area (Å²) in [7, 11) is 1.14. The average Bonchev–Trinajstić information content (AvgIpc) is 3.54. The van der Waals surface area contributed by atoms with Crippen molar-refractivity contribution in [3.8, 4) is 0 Å². The maximum absolute atomic E-state index is 13.8. The lowest BCUT2D eigenvalue weighted by Gasteiger charge is -2.29. The number of carboxylic acids is 1. The normalized spacial score (nSPS) is 19.6. The van der Waals surface area contributed by atoms with Gasteiger partial charge >= 0.3 is 11.7 Å². The molecule has 65 heavy (non-hydrogen) atoms. The van der Waals surface area contributed by atoms with Crippen LogP contribution in [-0.4, -0.2) is 193 Å². The highest BCUT2D eigenvalue weighted by Crippen LogP contribution is 2.43. The largest absolute Gasteiger partial charge is 0.480 e. The highest BCUT2D eigenvalue weighted by Gasteiger charge is 2.50. The Morgan fingerprint density at radius 1 is 0.723 bits per heavy atom. The Labute approximate surface area is 374 Å². The maximum Gasteiger partial charge on any atom is 0.331 e. The molecule has 0 aromatic carbocycles. The van der Waals surface area contributed by atoms with Gasteiger partial charge in [-0.2, -0.15) is 0 Å². The molecule has 0 aliphatic carbocycles. The number of nitrogens with one attached hydrogen (secondary N) is 4. The number of hydroxylamine groups is 6. The van der Waals surface area contributed by atoms with Crippen LogP contribution < -0.4 is 38.2 Å². The summed E-state index contributed by atoms with van der Waals surface area (Å²) in [6.07, 6.45) is -5.87. The molecular weight excluding hydrogens is 893 g/mol. The van der Waals surface area contributed by atoms with Gasteiger partial charge in [-0.05, 0) is 38.5 Å². The molecule has 14 N–H and O–H groups in total. The summed E-state index contributed by atoms with van der Waals surface area (Å²) in [5.41, 5.74) is 4.37. The molecule has 0 unspecified atom stereocenters. The van der Waals surface area contributed by atoms with Crippen LogP contribution in [-0.2, 0) is 45.4 Å². The van der Waals surface area contributed by atoms with E-state index < -0.39 is 124 Å². The van der Waals surface area contributed by atoms with Crippen LogP contribution in [0, 0.1) is 0 Å². The van der Waals surface area contributed by atoms with Gasteiger partial charge in [0.1, 0.15) is 29.6 Å². The second-order valence-corrected chi connectivity index (χ2v) is 16.3. The SMILES string of the molecule is CC(=O)N(O)CCC[C@H](NC(=O)[C@H](CCCN(O)C(C)=O)NC(=O)[C@@H](N)CCCN(O)C(C)=O)C(=O)N[C@@H](CO)C(=O)N[C@@H](C(=O)O)[C@@H](O)[C@H]1S[C@@H](n2ccc(=O)n(C)c2=O)[C@H](O)[C@H]1O. The molecule has 1 aromatic rings. The molecule has 29 heteroatoms. The van der Waals surface area contributed by atoms with Gasteiger partial charge in [-0.3, -0.25) is 63.1 Å². The summed E-state index contributed by atoms with van der Waals surface area (Å²) in [6.45, 7) is 1.11. The van der Waals surface area contributed by atoms with Crippen molar-refractivity contribution < 1.29 is 79.5 Å². The molecule has 1 aliphatic rings. The highest BCUT2D eigenvalue weighted by atomic mass is 32.2. The van der Waals surface area contributed by atoms with Gasteiger partial charge in [-0.15, -0.1) is 11.8 Å². The molecule has 0 bridgehead atoms. The number of thioether (sulfide) groups is 1. The second kappa shape index (κ2) is 25.8. The molecule has 2 heterocycles. The summed E-state index contributed by atoms with van der Waals surface area (Å²) in [5.74, 6) is -8.65. The second-order valence-electron chi connectivity index (χ2n) is 15.0. The predicted octanol–water partition coefficient (Wildman–Crippen LogP) is -6.36. The van der Waals surface area contributed by atoms with Crippen LogP contribution in [0.2, 0.25) is 0 Å². The van der Waals surface area contributed by atoms with Gasteiger partial charge in [0.2, 0.25) is 41.4 Å². The van der Waals surface area contributed by atoms with Crippen molar-refractivity contribution >= 4 is 59.1 Å². The number of rotatable bonds is 25. The summed E-state index contributed by atoms with van der Waals surface area (Å²) in [4.78, 5) is 125. The number of aliphatic hydroxyl groups excluding tert-OH is 4. The number of aliphatic hydroxyl groups is 4. The molecule has 7 amide bonds. The van der Waals surface area contributed by atoms with Crippen LogP contribution in [0.3, 0.4) is 0 Å². The van der Waals surface area contributed by atoms with E-state index in [2.05, 4.69) is 16.0 Å². The molecule has 0 spiro atoms. The molecule has 28 nitrogen and oxygen atoms in total. The van der Waals surface area contributed by atoms with Crippen LogP contribution in [0.15, 0.2) is 21.9 Å². The van der Waals surface area contributed by atoms with Crippen molar-refractivity contribution in [2.75, 3.05) is 26.2 Å². The lowest BCUT2D eigenvalue weighted by atomic mass is 10.00. The third-order valence-electron chi connectivity index (χ3n) is 10.1. The fourth-order valence-corrected chi connectivity index (χ4v) is 7.80. The quantitative estimate of drug-likeness (QED) is 0.0320. The minimum absolute atomic E-state index is 0.0572. The summed E-state index contributed by atoms with van der Waals surface area (Å²) in [5, 5.41) is 89.1. The van der Waals surface area contributed by atoms with E-state index in [1.807, 2.05) is 5.32 Å². The third kappa shape index (κ3) is 16.1. The number of nitrogens with zero attached hydrogens (tertiary/aromatic N) is 5. The molecule has 1 aromatic heterocycles. The minimum Gasteiger partial charge on any atom is -0.480 e. The average molecular weight is 951 g/mol. The van der Waals surface area contributed by atoms with E-state index in [9.17, 15) is 89.1 Å². The van der Waals surface area contributed by atoms with Crippen molar-refractivity contribution in [1.29, 1.82) is 0 Å². The Balaban J connectivity index is 2.33. The lowest BCUT2D eigenvalue weighted by Crippen LogP contribution is -2.61. The van der Waals surface area contributed by atoms with Gasteiger partial charge in [0.15, 0.2) is 6.04 Å². The van der Waals surface area contributed by atoms with E-state index in [1.54, 1.807) is 0 Å². The molecule has 0 radical (unpaired) electrons. The Hall–Kier alpha value is -5.53. The number of hydrogen-bond donors (Lipinski definition) is 13. The number of hydrogen-bond acceptors (Lipinski definition) is 19. The zero-order valence-corrected chi connectivity index (χ0v) is 36.7. The van der Waals surface area contributed by atoms with Crippen molar-refractivity contribution in [3.05, 3.63) is 33.1 Å². The van der Waals surface area contributed by atoms with E-state index >= 15 is 0 Å². The van der Waals surface area contributed by atoms with E-state index in [4.69, 9.17) is 5.73 Å². The van der Waals surface area contributed by atoms with Gasteiger partial charge in [0.25, 0.3) is 5.56 Å². The van der Waals surface area contributed by atoms with Crippen molar-refractivity contribution in [2.24, 2.45) is 12.8 Å². The fraction of sp³-hybridized carbons (Fsp3) is 0.667. The van der Waals surface area contributed by atoms with E-state index in [1.165, 1.54) is 0 Å². The molecule has 1 aliphatic heterocycles. The molecule has 0 saturated carbocycles. The monoisotopic (exact) mass is 950 g/mol. The van der Waals surface area contributed by atoms with Gasteiger partial charge in [-0.1, -0.05) is 0 Å². The molecule has 10 atom stereocenters. The number of carbonyl (C=O) groups excluding carboxylic acids is 7. The Morgan fingerprint density at radius 2 is 1.15 bits per heavy atom. The molecular formula is C36H58N10O18S. The first-order valence-electron chi connectivity index (χ1n) is 20.0. The Kier molecular flexibility index (Phi) is 22.1. The fourth-order valence-electron chi connectivity index (χ4n) is 6.23. The van der Waals surface area contributed by atoms with Crippen molar-refractivity contribution in [3.63, 3.8) is 0 Å². The van der Waals surface area contributed by atoms with Crippen LogP contribution in [0.5, 0.6) is 0 Å². The zero-order valence-electron chi connectivity index (χ0n) is 35.9. The van der Waals surface area contributed by atoms with Crippen LogP contribution >= 0.6 is 11.8 Å². The number of nitrogens with two attached hydrogens (primary N) is 1. The van der Waals surface area contributed by atoms with Gasteiger partial charge in [-0.25, -0.2) is 24.8 Å². The van der Waals surface area contributed by atoms with E-state index in [0.717, 1.165) is 44.6 Å². The number of aliphatic carboxylic acids is 1. The summed E-state index contributed by atoms with van der Waals surface area (Å²) in [6, 6.07) is -7.79. The van der Waals surface area contributed by atoms with Crippen molar-refractivity contribution in [1.82, 2.24) is 45.6 Å². The first-order chi connectivity index (χ1) is 30.3.